The molecule has 1 aliphatic carbocycles. The third-order valence-electron chi connectivity index (χ3n) is 4.18. The summed E-state index contributed by atoms with van der Waals surface area (Å²) in [5, 5.41) is 4.05. The van der Waals surface area contributed by atoms with Crippen molar-refractivity contribution in [3.05, 3.63) is 16.5 Å². The van der Waals surface area contributed by atoms with Crippen molar-refractivity contribution in [2.75, 3.05) is 11.9 Å². The fourth-order valence-electron chi connectivity index (χ4n) is 2.91. The Labute approximate surface area is 127 Å². The van der Waals surface area contributed by atoms with Crippen LogP contribution in [0.4, 0.5) is 5.82 Å². The molecule has 112 valence electrons. The molecule has 1 N–H and O–H groups in total. The van der Waals surface area contributed by atoms with E-state index in [9.17, 15) is 0 Å². The van der Waals surface area contributed by atoms with Crippen LogP contribution in [0, 0.1) is 12.8 Å². The smallest absolute Gasteiger partial charge is 0.137 e. The van der Waals surface area contributed by atoms with Crippen LogP contribution in [0.3, 0.4) is 0 Å². The molecule has 1 aromatic rings. The van der Waals surface area contributed by atoms with E-state index in [4.69, 9.17) is 11.6 Å². The van der Waals surface area contributed by atoms with Crippen LogP contribution < -0.4 is 5.32 Å². The van der Waals surface area contributed by atoms with Crippen molar-refractivity contribution in [1.29, 1.82) is 0 Å². The second-order valence-electron chi connectivity index (χ2n) is 5.87. The summed E-state index contributed by atoms with van der Waals surface area (Å²) >= 11 is 6.19. The monoisotopic (exact) mass is 295 g/mol. The lowest BCUT2D eigenvalue weighted by molar-refractivity contribution is 0.345. The first-order chi connectivity index (χ1) is 9.70. The van der Waals surface area contributed by atoms with Crippen molar-refractivity contribution in [3.63, 3.8) is 0 Å². The maximum absolute atomic E-state index is 6.19. The van der Waals surface area contributed by atoms with Crippen LogP contribution in [-0.2, 0) is 6.42 Å². The van der Waals surface area contributed by atoms with Gasteiger partial charge in [-0.05, 0) is 25.7 Å². The van der Waals surface area contributed by atoms with Crippen molar-refractivity contribution < 1.29 is 0 Å². The number of nitrogens with zero attached hydrogens (tertiary/aromatic N) is 2. The molecule has 2 rings (SSSR count). The summed E-state index contributed by atoms with van der Waals surface area (Å²) in [6.45, 7) is 5.11. The Morgan fingerprint density at radius 3 is 2.65 bits per heavy atom. The topological polar surface area (TPSA) is 37.8 Å². The third kappa shape index (κ3) is 4.34. The van der Waals surface area contributed by atoms with E-state index in [1.54, 1.807) is 0 Å². The van der Waals surface area contributed by atoms with Gasteiger partial charge in [0.1, 0.15) is 16.8 Å². The Morgan fingerprint density at radius 2 is 1.95 bits per heavy atom. The van der Waals surface area contributed by atoms with E-state index in [-0.39, 0.29) is 0 Å². The lowest BCUT2D eigenvalue weighted by Crippen LogP contribution is -2.14. The number of rotatable bonds is 6. The zero-order valence-electron chi connectivity index (χ0n) is 12.7. The van der Waals surface area contributed by atoms with Gasteiger partial charge in [-0.3, -0.25) is 0 Å². The molecular weight excluding hydrogens is 270 g/mol. The van der Waals surface area contributed by atoms with Gasteiger partial charge in [0.05, 0.1) is 0 Å². The quantitative estimate of drug-likeness (QED) is 0.768. The summed E-state index contributed by atoms with van der Waals surface area (Å²) in [5.41, 5.74) is 0.968. The summed E-state index contributed by atoms with van der Waals surface area (Å²) in [4.78, 5) is 8.93. The number of hydrogen-bond acceptors (Lipinski definition) is 3. The molecule has 0 aliphatic heterocycles. The lowest BCUT2D eigenvalue weighted by Gasteiger charge is -2.21. The normalized spacial score (nSPS) is 16.4. The van der Waals surface area contributed by atoms with Crippen molar-refractivity contribution in [3.8, 4) is 0 Å². The predicted octanol–water partition coefficient (Wildman–Crippen LogP) is 4.77. The van der Waals surface area contributed by atoms with E-state index in [1.807, 2.05) is 6.92 Å². The minimum Gasteiger partial charge on any atom is -0.370 e. The van der Waals surface area contributed by atoms with Crippen molar-refractivity contribution in [2.45, 2.75) is 65.2 Å². The molecule has 1 saturated carbocycles. The van der Waals surface area contributed by atoms with Crippen molar-refractivity contribution in [2.24, 2.45) is 5.92 Å². The first-order valence-corrected chi connectivity index (χ1v) is 8.35. The average Bonchev–Trinajstić information content (AvgIpc) is 2.45. The van der Waals surface area contributed by atoms with Gasteiger partial charge in [0.15, 0.2) is 0 Å². The fraction of sp³-hybridized carbons (Fsp3) is 0.750. The zero-order chi connectivity index (χ0) is 14.4. The Bertz CT molecular complexity index is 428. The Morgan fingerprint density at radius 1 is 1.20 bits per heavy atom. The minimum absolute atomic E-state index is 0.587. The molecule has 0 amide bonds. The molecule has 0 saturated heterocycles. The highest BCUT2D eigenvalue weighted by atomic mass is 35.5. The highest BCUT2D eigenvalue weighted by molar-refractivity contribution is 6.30. The summed E-state index contributed by atoms with van der Waals surface area (Å²) < 4.78 is 0. The molecule has 0 spiro atoms. The average molecular weight is 296 g/mol. The minimum atomic E-state index is 0.587. The molecule has 0 radical (unpaired) electrons. The van der Waals surface area contributed by atoms with Crippen LogP contribution in [-0.4, -0.2) is 16.5 Å². The molecule has 1 heterocycles. The van der Waals surface area contributed by atoms with Crippen LogP contribution >= 0.6 is 11.6 Å². The number of aromatic nitrogens is 2. The maximum atomic E-state index is 6.19. The summed E-state index contributed by atoms with van der Waals surface area (Å²) in [6, 6.07) is 0. The zero-order valence-corrected chi connectivity index (χ0v) is 13.5. The van der Waals surface area contributed by atoms with E-state index in [1.165, 1.54) is 38.5 Å². The molecule has 4 heteroatoms. The number of nitrogens with one attached hydrogen (secondary N) is 1. The SMILES string of the molecule is CCCc1nc(Cl)c(C)c(NCCC2CCCCC2)n1. The first-order valence-electron chi connectivity index (χ1n) is 7.97. The van der Waals surface area contributed by atoms with Gasteiger partial charge in [-0.25, -0.2) is 9.97 Å². The number of anilines is 1. The highest BCUT2D eigenvalue weighted by Gasteiger charge is 2.14. The lowest BCUT2D eigenvalue weighted by atomic mass is 9.87. The summed E-state index contributed by atoms with van der Waals surface area (Å²) in [5.74, 6) is 2.66. The molecule has 1 aliphatic rings. The summed E-state index contributed by atoms with van der Waals surface area (Å²) in [7, 11) is 0. The third-order valence-corrected chi connectivity index (χ3v) is 4.54. The second-order valence-corrected chi connectivity index (χ2v) is 6.23. The van der Waals surface area contributed by atoms with Crippen molar-refractivity contribution >= 4 is 17.4 Å². The molecule has 0 atom stereocenters. The van der Waals surface area contributed by atoms with E-state index < -0.39 is 0 Å². The summed E-state index contributed by atoms with van der Waals surface area (Å²) in [6.07, 6.45) is 10.2. The van der Waals surface area contributed by atoms with Gasteiger partial charge in [-0.2, -0.15) is 0 Å². The molecule has 0 unspecified atom stereocenters. The Hall–Kier alpha value is -0.830. The fourth-order valence-corrected chi connectivity index (χ4v) is 3.10. The molecular formula is C16H26ClN3. The predicted molar refractivity (Wildman–Crippen MR) is 85.5 cm³/mol. The molecule has 3 nitrogen and oxygen atoms in total. The highest BCUT2D eigenvalue weighted by Crippen LogP contribution is 2.26. The van der Waals surface area contributed by atoms with Crippen LogP contribution in [0.25, 0.3) is 0 Å². The van der Waals surface area contributed by atoms with Crippen LogP contribution in [0.5, 0.6) is 0 Å². The molecule has 0 bridgehead atoms. The molecule has 1 fully saturated rings. The van der Waals surface area contributed by atoms with E-state index in [0.29, 0.717) is 5.15 Å². The second kappa shape index (κ2) is 7.82. The van der Waals surface area contributed by atoms with Gasteiger partial charge in [-0.1, -0.05) is 50.6 Å². The largest absolute Gasteiger partial charge is 0.370 e. The van der Waals surface area contributed by atoms with Crippen LogP contribution in [0.15, 0.2) is 0 Å². The molecule has 20 heavy (non-hydrogen) atoms. The van der Waals surface area contributed by atoms with Gasteiger partial charge in [-0.15, -0.1) is 0 Å². The Balaban J connectivity index is 1.90. The number of hydrogen-bond donors (Lipinski definition) is 1. The van der Waals surface area contributed by atoms with Gasteiger partial charge < -0.3 is 5.32 Å². The van der Waals surface area contributed by atoms with Gasteiger partial charge >= 0.3 is 0 Å². The van der Waals surface area contributed by atoms with E-state index >= 15 is 0 Å². The van der Waals surface area contributed by atoms with Gasteiger partial charge in [0.2, 0.25) is 0 Å². The first kappa shape index (κ1) is 15.6. The van der Waals surface area contributed by atoms with E-state index in [0.717, 1.165) is 42.5 Å². The standard InChI is InChI=1S/C16H26ClN3/c1-3-7-14-19-15(17)12(2)16(20-14)18-11-10-13-8-5-4-6-9-13/h13H,3-11H2,1-2H3,(H,18,19,20). The van der Waals surface area contributed by atoms with Gasteiger partial charge in [0, 0.05) is 18.5 Å². The van der Waals surface area contributed by atoms with Crippen LogP contribution in [0.2, 0.25) is 5.15 Å². The molecule has 1 aromatic heterocycles. The maximum Gasteiger partial charge on any atom is 0.137 e. The number of halogens is 1. The van der Waals surface area contributed by atoms with E-state index in [2.05, 4.69) is 22.2 Å². The number of aryl methyl sites for hydroxylation is 1. The van der Waals surface area contributed by atoms with Crippen LogP contribution in [0.1, 0.15) is 63.3 Å². The van der Waals surface area contributed by atoms with Crippen molar-refractivity contribution in [1.82, 2.24) is 9.97 Å². The Kier molecular flexibility index (Phi) is 6.08. The molecule has 0 aromatic carbocycles. The van der Waals surface area contributed by atoms with Gasteiger partial charge in [0.25, 0.3) is 0 Å².